The number of benzene rings is 1. The van der Waals surface area contributed by atoms with Crippen LogP contribution in [-0.4, -0.2) is 17.7 Å². The Hall–Kier alpha value is -0.960. The molecule has 1 aromatic rings. The van der Waals surface area contributed by atoms with Crippen LogP contribution in [0.4, 0.5) is 0 Å². The summed E-state index contributed by atoms with van der Waals surface area (Å²) in [7, 11) is 0. The Balaban J connectivity index is 2.38. The van der Waals surface area contributed by atoms with Crippen molar-refractivity contribution in [3.05, 3.63) is 35.9 Å². The molecular weight excluding hydrogens is 242 g/mol. The van der Waals surface area contributed by atoms with Crippen LogP contribution in [0.1, 0.15) is 26.3 Å². The van der Waals surface area contributed by atoms with Crippen molar-refractivity contribution >= 4 is 18.5 Å². The molecule has 0 saturated heterocycles. The normalized spacial score (nSPS) is 14.3. The van der Waals surface area contributed by atoms with E-state index < -0.39 is 0 Å². The van der Waals surface area contributed by atoms with E-state index in [0.717, 1.165) is 12.1 Å². The van der Waals surface area contributed by atoms with Gasteiger partial charge < -0.3 is 5.32 Å². The maximum atomic E-state index is 11.9. The van der Waals surface area contributed by atoms with E-state index in [1.54, 1.807) is 0 Å². The molecule has 18 heavy (non-hydrogen) atoms. The third-order valence-electron chi connectivity index (χ3n) is 3.31. The zero-order valence-corrected chi connectivity index (χ0v) is 12.3. The Labute approximate surface area is 116 Å². The topological polar surface area (TPSA) is 29.1 Å². The zero-order valence-electron chi connectivity index (χ0n) is 11.4. The predicted octanol–water partition coefficient (Wildman–Crippen LogP) is 2.94. The highest BCUT2D eigenvalue weighted by Gasteiger charge is 2.15. The molecular formula is C15H23NOS. The van der Waals surface area contributed by atoms with Gasteiger partial charge in [0.25, 0.3) is 0 Å². The highest BCUT2D eigenvalue weighted by molar-refractivity contribution is 7.81. The molecule has 0 aromatic heterocycles. The Kier molecular flexibility index (Phi) is 6.27. The molecule has 0 radical (unpaired) electrons. The van der Waals surface area contributed by atoms with Gasteiger partial charge in [-0.3, -0.25) is 4.79 Å². The SMILES string of the molecule is CC(C)C(C)CNC(=O)C(S)Cc1ccccc1. The third kappa shape index (κ3) is 5.13. The minimum atomic E-state index is -0.272. The number of carbonyl (C=O) groups excluding carboxylic acids is 1. The molecule has 0 aliphatic heterocycles. The summed E-state index contributed by atoms with van der Waals surface area (Å²) in [5.41, 5.74) is 1.14. The number of rotatable bonds is 6. The van der Waals surface area contributed by atoms with Crippen LogP contribution in [0.5, 0.6) is 0 Å². The molecule has 0 spiro atoms. The first-order valence-corrected chi connectivity index (χ1v) is 7.02. The second-order valence-corrected chi connectivity index (χ2v) is 5.80. The highest BCUT2D eigenvalue weighted by atomic mass is 32.1. The van der Waals surface area contributed by atoms with Gasteiger partial charge >= 0.3 is 0 Å². The standard InChI is InChI=1S/C15H23NOS/c1-11(2)12(3)10-16-15(17)14(18)9-13-7-5-4-6-8-13/h4-8,11-12,14,18H,9-10H2,1-3H3,(H,16,17). The Bertz CT molecular complexity index is 364. The van der Waals surface area contributed by atoms with E-state index in [2.05, 4.69) is 38.7 Å². The van der Waals surface area contributed by atoms with Gasteiger partial charge in [0, 0.05) is 6.54 Å². The number of hydrogen-bond acceptors (Lipinski definition) is 2. The van der Waals surface area contributed by atoms with Crippen molar-refractivity contribution in [3.8, 4) is 0 Å². The van der Waals surface area contributed by atoms with Gasteiger partial charge in [-0.15, -0.1) is 0 Å². The molecule has 1 N–H and O–H groups in total. The fraction of sp³-hybridized carbons (Fsp3) is 0.533. The first-order valence-electron chi connectivity index (χ1n) is 6.50. The van der Waals surface area contributed by atoms with E-state index in [0.29, 0.717) is 18.3 Å². The second-order valence-electron chi connectivity index (χ2n) is 5.17. The molecule has 0 fully saturated rings. The average molecular weight is 265 g/mol. The fourth-order valence-corrected chi connectivity index (χ4v) is 1.85. The summed E-state index contributed by atoms with van der Waals surface area (Å²) in [5, 5.41) is 2.70. The molecule has 0 aliphatic rings. The number of nitrogens with one attached hydrogen (secondary N) is 1. The van der Waals surface area contributed by atoms with Crippen LogP contribution in [0.25, 0.3) is 0 Å². The van der Waals surface area contributed by atoms with Gasteiger partial charge in [0.2, 0.25) is 5.91 Å². The van der Waals surface area contributed by atoms with Crippen molar-refractivity contribution in [2.45, 2.75) is 32.4 Å². The number of carbonyl (C=O) groups is 1. The van der Waals surface area contributed by atoms with Crippen molar-refractivity contribution < 1.29 is 4.79 Å². The number of hydrogen-bond donors (Lipinski definition) is 2. The zero-order chi connectivity index (χ0) is 13.5. The van der Waals surface area contributed by atoms with E-state index in [1.807, 2.05) is 30.3 Å². The molecule has 2 nitrogen and oxygen atoms in total. The van der Waals surface area contributed by atoms with Gasteiger partial charge in [-0.2, -0.15) is 12.6 Å². The summed E-state index contributed by atoms with van der Waals surface area (Å²) in [6.45, 7) is 7.20. The second kappa shape index (κ2) is 7.47. The van der Waals surface area contributed by atoms with Gasteiger partial charge in [0.1, 0.15) is 0 Å². The van der Waals surface area contributed by atoms with Gasteiger partial charge in [-0.1, -0.05) is 51.1 Å². The quantitative estimate of drug-likeness (QED) is 0.761. The highest BCUT2D eigenvalue weighted by Crippen LogP contribution is 2.10. The van der Waals surface area contributed by atoms with Crippen LogP contribution >= 0.6 is 12.6 Å². The number of thiol groups is 1. The maximum Gasteiger partial charge on any atom is 0.233 e. The van der Waals surface area contributed by atoms with Gasteiger partial charge in [-0.05, 0) is 23.8 Å². The summed E-state index contributed by atoms with van der Waals surface area (Å²) in [6, 6.07) is 9.98. The van der Waals surface area contributed by atoms with Crippen molar-refractivity contribution in [1.29, 1.82) is 0 Å². The molecule has 1 aromatic carbocycles. The molecule has 1 amide bonds. The lowest BCUT2D eigenvalue weighted by Crippen LogP contribution is -2.36. The maximum absolute atomic E-state index is 11.9. The lowest BCUT2D eigenvalue weighted by Gasteiger charge is -2.18. The lowest BCUT2D eigenvalue weighted by molar-refractivity contribution is -0.120. The van der Waals surface area contributed by atoms with Crippen molar-refractivity contribution in [2.24, 2.45) is 11.8 Å². The first kappa shape index (κ1) is 15.1. The van der Waals surface area contributed by atoms with Gasteiger partial charge in [-0.25, -0.2) is 0 Å². The monoisotopic (exact) mass is 265 g/mol. The predicted molar refractivity (Wildman–Crippen MR) is 79.9 cm³/mol. The molecule has 2 atom stereocenters. The summed E-state index contributed by atoms with van der Waals surface area (Å²) < 4.78 is 0. The van der Waals surface area contributed by atoms with Crippen molar-refractivity contribution in [1.82, 2.24) is 5.32 Å². The molecule has 0 heterocycles. The molecule has 1 rings (SSSR count). The minimum Gasteiger partial charge on any atom is -0.355 e. The van der Waals surface area contributed by atoms with Crippen LogP contribution in [0.15, 0.2) is 30.3 Å². The Morgan fingerprint density at radius 3 is 2.39 bits per heavy atom. The Morgan fingerprint density at radius 1 is 1.22 bits per heavy atom. The molecule has 2 unspecified atom stereocenters. The van der Waals surface area contributed by atoms with Gasteiger partial charge in [0.15, 0.2) is 0 Å². The molecule has 0 bridgehead atoms. The van der Waals surface area contributed by atoms with E-state index in [4.69, 9.17) is 0 Å². The molecule has 0 saturated carbocycles. The smallest absolute Gasteiger partial charge is 0.233 e. The van der Waals surface area contributed by atoms with Crippen LogP contribution in [0, 0.1) is 11.8 Å². The number of amides is 1. The fourth-order valence-electron chi connectivity index (χ4n) is 1.55. The third-order valence-corrected chi connectivity index (χ3v) is 3.73. The van der Waals surface area contributed by atoms with E-state index >= 15 is 0 Å². The van der Waals surface area contributed by atoms with E-state index in [1.165, 1.54) is 0 Å². The van der Waals surface area contributed by atoms with E-state index in [9.17, 15) is 4.79 Å². The molecule has 3 heteroatoms. The minimum absolute atomic E-state index is 0.0229. The van der Waals surface area contributed by atoms with Crippen molar-refractivity contribution in [2.75, 3.05) is 6.54 Å². The largest absolute Gasteiger partial charge is 0.355 e. The summed E-state index contributed by atoms with van der Waals surface area (Å²) in [4.78, 5) is 11.9. The summed E-state index contributed by atoms with van der Waals surface area (Å²) in [6.07, 6.45) is 0.672. The first-order chi connectivity index (χ1) is 8.50. The van der Waals surface area contributed by atoms with E-state index in [-0.39, 0.29) is 11.2 Å². The average Bonchev–Trinajstić information content (AvgIpc) is 2.36. The van der Waals surface area contributed by atoms with Crippen LogP contribution in [0.3, 0.4) is 0 Å². The molecule has 100 valence electrons. The Morgan fingerprint density at radius 2 is 1.83 bits per heavy atom. The van der Waals surface area contributed by atoms with Crippen LogP contribution in [0.2, 0.25) is 0 Å². The van der Waals surface area contributed by atoms with Gasteiger partial charge in [0.05, 0.1) is 5.25 Å². The van der Waals surface area contributed by atoms with Crippen LogP contribution < -0.4 is 5.32 Å². The van der Waals surface area contributed by atoms with Crippen LogP contribution in [-0.2, 0) is 11.2 Å². The van der Waals surface area contributed by atoms with Crippen molar-refractivity contribution in [3.63, 3.8) is 0 Å². The summed E-state index contributed by atoms with van der Waals surface area (Å²) in [5.74, 6) is 1.10. The molecule has 0 aliphatic carbocycles. The lowest BCUT2D eigenvalue weighted by atomic mass is 9.98. The summed E-state index contributed by atoms with van der Waals surface area (Å²) >= 11 is 4.38.